The number of rotatable bonds is 3. The summed E-state index contributed by atoms with van der Waals surface area (Å²) in [6.07, 6.45) is 4.97. The molecule has 2 heterocycles. The second-order valence-electron chi connectivity index (χ2n) is 4.77. The Balaban J connectivity index is 1.81. The average Bonchev–Trinajstić information content (AvgIpc) is 2.99. The summed E-state index contributed by atoms with van der Waals surface area (Å²) < 4.78 is 1.60. The number of carbonyl (C=O) groups is 1. The van der Waals surface area contributed by atoms with Gasteiger partial charge in [-0.2, -0.15) is 5.10 Å². The smallest absolute Gasteiger partial charge is 0.256 e. The lowest BCUT2D eigenvalue weighted by molar-refractivity contribution is 0.102. The van der Waals surface area contributed by atoms with Crippen LogP contribution in [0, 0.1) is 6.92 Å². The van der Waals surface area contributed by atoms with E-state index in [-0.39, 0.29) is 5.91 Å². The first kappa shape index (κ1) is 14.3. The lowest BCUT2D eigenvalue weighted by atomic mass is 10.1. The number of amides is 1. The number of aromatic nitrogens is 3. The number of anilines is 1. The maximum absolute atomic E-state index is 12.3. The number of nitrogens with one attached hydrogen (secondary N) is 1. The molecule has 1 N–H and O–H groups in total. The Hall–Kier alpha value is -2.66. The van der Waals surface area contributed by atoms with Crippen molar-refractivity contribution in [2.45, 2.75) is 6.92 Å². The minimum Gasteiger partial charge on any atom is -0.319 e. The number of halogens is 1. The van der Waals surface area contributed by atoms with Gasteiger partial charge in [0, 0.05) is 16.8 Å². The molecule has 2 aromatic heterocycles. The summed E-state index contributed by atoms with van der Waals surface area (Å²) in [4.78, 5) is 16.5. The molecule has 0 fully saturated rings. The minimum absolute atomic E-state index is 0.222. The van der Waals surface area contributed by atoms with Gasteiger partial charge in [-0.3, -0.25) is 4.79 Å². The van der Waals surface area contributed by atoms with Gasteiger partial charge in [0.2, 0.25) is 0 Å². The summed E-state index contributed by atoms with van der Waals surface area (Å²) in [7, 11) is 0. The van der Waals surface area contributed by atoms with E-state index in [2.05, 4.69) is 15.4 Å². The second-order valence-corrected chi connectivity index (χ2v) is 5.21. The van der Waals surface area contributed by atoms with Crippen LogP contribution in [0.15, 0.2) is 55.0 Å². The highest BCUT2D eigenvalue weighted by atomic mass is 35.5. The van der Waals surface area contributed by atoms with Gasteiger partial charge in [0.1, 0.15) is 0 Å². The predicted molar refractivity (Wildman–Crippen MR) is 85.5 cm³/mol. The fourth-order valence-corrected chi connectivity index (χ4v) is 2.21. The van der Waals surface area contributed by atoms with E-state index < -0.39 is 0 Å². The monoisotopic (exact) mass is 312 g/mol. The molecule has 0 aliphatic rings. The topological polar surface area (TPSA) is 59.8 Å². The van der Waals surface area contributed by atoms with Crippen LogP contribution in [0.4, 0.5) is 5.69 Å². The van der Waals surface area contributed by atoms with Gasteiger partial charge in [0.05, 0.1) is 18.1 Å². The average molecular weight is 313 g/mol. The molecule has 0 radical (unpaired) electrons. The van der Waals surface area contributed by atoms with Crippen LogP contribution < -0.4 is 5.32 Å². The maximum atomic E-state index is 12.3. The van der Waals surface area contributed by atoms with Crippen LogP contribution in [0.5, 0.6) is 0 Å². The lowest BCUT2D eigenvalue weighted by Crippen LogP contribution is -2.13. The molecule has 0 saturated carbocycles. The Kier molecular flexibility index (Phi) is 3.89. The zero-order valence-electron chi connectivity index (χ0n) is 11.8. The molecule has 5 nitrogen and oxygen atoms in total. The molecule has 6 heteroatoms. The molecule has 0 aliphatic carbocycles. The zero-order valence-corrected chi connectivity index (χ0v) is 12.6. The van der Waals surface area contributed by atoms with Gasteiger partial charge < -0.3 is 5.32 Å². The van der Waals surface area contributed by atoms with Crippen molar-refractivity contribution >= 4 is 23.2 Å². The van der Waals surface area contributed by atoms with Crippen molar-refractivity contribution in [1.29, 1.82) is 0 Å². The molecule has 3 aromatic rings. The third kappa shape index (κ3) is 2.99. The van der Waals surface area contributed by atoms with E-state index in [9.17, 15) is 4.79 Å². The number of pyridine rings is 1. The Bertz CT molecular complexity index is 814. The molecule has 22 heavy (non-hydrogen) atoms. The third-order valence-corrected chi connectivity index (χ3v) is 3.40. The van der Waals surface area contributed by atoms with Crippen molar-refractivity contribution in [3.05, 3.63) is 71.1 Å². The molecule has 1 aromatic carbocycles. The van der Waals surface area contributed by atoms with Crippen molar-refractivity contribution in [2.75, 3.05) is 5.32 Å². The van der Waals surface area contributed by atoms with Gasteiger partial charge in [-0.05, 0) is 36.8 Å². The molecule has 3 rings (SSSR count). The Labute approximate surface area is 132 Å². The molecule has 110 valence electrons. The standard InChI is InChI=1S/C16H13ClN4O/c1-11-5-6-12(17)8-14(11)16(22)20-13-9-19-21(10-13)15-4-2-3-7-18-15/h2-10H,1H3,(H,20,22). The quantitative estimate of drug-likeness (QED) is 0.805. The Morgan fingerprint density at radius 2 is 2.14 bits per heavy atom. The largest absolute Gasteiger partial charge is 0.319 e. The summed E-state index contributed by atoms with van der Waals surface area (Å²) in [5.74, 6) is 0.461. The van der Waals surface area contributed by atoms with E-state index in [1.54, 1.807) is 35.4 Å². The molecule has 1 amide bonds. The van der Waals surface area contributed by atoms with Crippen molar-refractivity contribution in [3.63, 3.8) is 0 Å². The first-order valence-electron chi connectivity index (χ1n) is 6.67. The SMILES string of the molecule is Cc1ccc(Cl)cc1C(=O)Nc1cnn(-c2ccccn2)c1. The molecule has 0 saturated heterocycles. The van der Waals surface area contributed by atoms with Crippen molar-refractivity contribution in [1.82, 2.24) is 14.8 Å². The van der Waals surface area contributed by atoms with Gasteiger partial charge in [-0.15, -0.1) is 0 Å². The predicted octanol–water partition coefficient (Wildman–Crippen LogP) is 3.48. The fraction of sp³-hybridized carbons (Fsp3) is 0.0625. The molecule has 0 unspecified atom stereocenters. The van der Waals surface area contributed by atoms with Gasteiger partial charge in [0.25, 0.3) is 5.91 Å². The fourth-order valence-electron chi connectivity index (χ4n) is 2.04. The van der Waals surface area contributed by atoms with Crippen LogP contribution >= 0.6 is 11.6 Å². The normalized spacial score (nSPS) is 10.5. The van der Waals surface area contributed by atoms with E-state index in [0.29, 0.717) is 22.1 Å². The summed E-state index contributed by atoms with van der Waals surface area (Å²) >= 11 is 5.94. The van der Waals surface area contributed by atoms with Crippen LogP contribution in [0.25, 0.3) is 5.82 Å². The molecule has 0 bridgehead atoms. The van der Waals surface area contributed by atoms with Gasteiger partial charge in [-0.25, -0.2) is 9.67 Å². The number of hydrogen-bond acceptors (Lipinski definition) is 3. The van der Waals surface area contributed by atoms with Crippen LogP contribution in [0.2, 0.25) is 5.02 Å². The lowest BCUT2D eigenvalue weighted by Gasteiger charge is -2.06. The van der Waals surface area contributed by atoms with E-state index >= 15 is 0 Å². The summed E-state index contributed by atoms with van der Waals surface area (Å²) in [6, 6.07) is 10.8. The number of carbonyl (C=O) groups excluding carboxylic acids is 1. The van der Waals surface area contributed by atoms with Crippen LogP contribution in [0.1, 0.15) is 15.9 Å². The number of benzene rings is 1. The molecule has 0 spiro atoms. The van der Waals surface area contributed by atoms with Gasteiger partial charge in [0.15, 0.2) is 5.82 Å². The van der Waals surface area contributed by atoms with Crippen LogP contribution in [-0.4, -0.2) is 20.7 Å². The highest BCUT2D eigenvalue weighted by Gasteiger charge is 2.11. The van der Waals surface area contributed by atoms with E-state index in [1.165, 1.54) is 0 Å². The van der Waals surface area contributed by atoms with Crippen LogP contribution in [-0.2, 0) is 0 Å². The third-order valence-electron chi connectivity index (χ3n) is 3.17. The number of nitrogens with zero attached hydrogens (tertiary/aromatic N) is 3. The highest BCUT2D eigenvalue weighted by Crippen LogP contribution is 2.17. The summed E-state index contributed by atoms with van der Waals surface area (Å²) in [5.41, 5.74) is 1.99. The first-order chi connectivity index (χ1) is 10.6. The maximum Gasteiger partial charge on any atom is 0.256 e. The van der Waals surface area contributed by atoms with Crippen molar-refractivity contribution < 1.29 is 4.79 Å². The number of hydrogen-bond donors (Lipinski definition) is 1. The van der Waals surface area contributed by atoms with E-state index in [0.717, 1.165) is 5.56 Å². The summed E-state index contributed by atoms with van der Waals surface area (Å²) in [5, 5.41) is 7.52. The zero-order chi connectivity index (χ0) is 15.5. The molecular formula is C16H13ClN4O. The second kappa shape index (κ2) is 5.99. The first-order valence-corrected chi connectivity index (χ1v) is 7.05. The van der Waals surface area contributed by atoms with Crippen molar-refractivity contribution in [3.8, 4) is 5.82 Å². The van der Waals surface area contributed by atoms with Gasteiger partial charge >= 0.3 is 0 Å². The number of aryl methyl sites for hydroxylation is 1. The molecule has 0 aliphatic heterocycles. The van der Waals surface area contributed by atoms with Crippen LogP contribution in [0.3, 0.4) is 0 Å². The summed E-state index contributed by atoms with van der Waals surface area (Å²) in [6.45, 7) is 1.86. The molecular weight excluding hydrogens is 300 g/mol. The van der Waals surface area contributed by atoms with Gasteiger partial charge in [-0.1, -0.05) is 23.7 Å². The van der Waals surface area contributed by atoms with E-state index in [4.69, 9.17) is 11.6 Å². The Morgan fingerprint density at radius 1 is 1.27 bits per heavy atom. The van der Waals surface area contributed by atoms with E-state index in [1.807, 2.05) is 31.2 Å². The molecule has 0 atom stereocenters. The Morgan fingerprint density at radius 3 is 2.91 bits per heavy atom. The van der Waals surface area contributed by atoms with Crippen molar-refractivity contribution in [2.24, 2.45) is 0 Å². The minimum atomic E-state index is -0.222. The highest BCUT2D eigenvalue weighted by molar-refractivity contribution is 6.31.